The standard InChI is InChI=1S/C14H22O3Si/c1-14(2,18(3,4)17)10-12-7-5-11(6-8-12)9-13(15)16/h5-8,17H,9-10H2,1-4H3,(H,15,16). The Bertz CT molecular complexity index is 416. The monoisotopic (exact) mass is 266 g/mol. The van der Waals surface area contributed by atoms with Crippen molar-refractivity contribution in [3.05, 3.63) is 35.4 Å². The van der Waals surface area contributed by atoms with Gasteiger partial charge in [-0.25, -0.2) is 0 Å². The summed E-state index contributed by atoms with van der Waals surface area (Å²) in [6, 6.07) is 7.62. The number of benzene rings is 1. The third-order valence-corrected chi connectivity index (χ3v) is 7.17. The largest absolute Gasteiger partial charge is 0.481 e. The minimum Gasteiger partial charge on any atom is -0.481 e. The number of aliphatic carboxylic acids is 1. The summed E-state index contributed by atoms with van der Waals surface area (Å²) >= 11 is 0. The van der Waals surface area contributed by atoms with Gasteiger partial charge in [0.25, 0.3) is 0 Å². The predicted molar refractivity (Wildman–Crippen MR) is 75.2 cm³/mol. The lowest BCUT2D eigenvalue weighted by Crippen LogP contribution is -2.40. The molecule has 0 unspecified atom stereocenters. The maximum atomic E-state index is 10.6. The molecule has 0 saturated carbocycles. The summed E-state index contributed by atoms with van der Waals surface area (Å²) in [6.45, 7) is 8.08. The number of carboxylic acids is 1. The molecule has 4 heteroatoms. The summed E-state index contributed by atoms with van der Waals surface area (Å²) in [5.74, 6) is -0.813. The molecular formula is C14H22O3Si. The maximum absolute atomic E-state index is 10.6. The number of carbonyl (C=O) groups is 1. The Morgan fingerprint density at radius 1 is 1.17 bits per heavy atom. The SMILES string of the molecule is CC(C)(Cc1ccc(CC(=O)O)cc1)[Si](C)(C)O. The molecule has 3 nitrogen and oxygen atoms in total. The van der Waals surface area contributed by atoms with Crippen LogP contribution in [0.2, 0.25) is 18.1 Å². The number of rotatable bonds is 5. The van der Waals surface area contributed by atoms with Crippen LogP contribution in [0.25, 0.3) is 0 Å². The minimum atomic E-state index is -2.20. The van der Waals surface area contributed by atoms with E-state index in [1.54, 1.807) is 0 Å². The van der Waals surface area contributed by atoms with Crippen molar-refractivity contribution in [1.29, 1.82) is 0 Å². The van der Waals surface area contributed by atoms with Gasteiger partial charge in [0.2, 0.25) is 0 Å². The molecule has 0 aliphatic carbocycles. The van der Waals surface area contributed by atoms with Crippen LogP contribution in [0.5, 0.6) is 0 Å². The van der Waals surface area contributed by atoms with Crippen LogP contribution in [0.15, 0.2) is 24.3 Å². The third-order valence-electron chi connectivity index (χ3n) is 3.68. The summed E-state index contributed by atoms with van der Waals surface area (Å²) in [6.07, 6.45) is 0.875. The van der Waals surface area contributed by atoms with Crippen LogP contribution in [0.4, 0.5) is 0 Å². The van der Waals surface area contributed by atoms with E-state index in [-0.39, 0.29) is 11.5 Å². The second-order valence-corrected chi connectivity index (χ2v) is 10.5. The first kappa shape index (κ1) is 14.9. The zero-order valence-electron chi connectivity index (χ0n) is 11.5. The molecule has 1 aromatic rings. The zero-order chi connectivity index (χ0) is 14.0. The van der Waals surface area contributed by atoms with Crippen LogP contribution in [0.1, 0.15) is 25.0 Å². The van der Waals surface area contributed by atoms with Crippen LogP contribution in [-0.2, 0) is 17.6 Å². The van der Waals surface area contributed by atoms with Crippen LogP contribution >= 0.6 is 0 Å². The van der Waals surface area contributed by atoms with Crippen LogP contribution in [-0.4, -0.2) is 24.2 Å². The lowest BCUT2D eigenvalue weighted by molar-refractivity contribution is -0.136. The third kappa shape index (κ3) is 3.96. The molecule has 0 aliphatic rings. The van der Waals surface area contributed by atoms with E-state index < -0.39 is 14.3 Å². The summed E-state index contributed by atoms with van der Waals surface area (Å²) in [7, 11) is -2.20. The molecular weight excluding hydrogens is 244 g/mol. The normalized spacial score (nSPS) is 12.5. The highest BCUT2D eigenvalue weighted by Gasteiger charge is 2.37. The first-order valence-electron chi connectivity index (χ1n) is 6.14. The van der Waals surface area contributed by atoms with Gasteiger partial charge in [-0.3, -0.25) is 4.79 Å². The van der Waals surface area contributed by atoms with Gasteiger partial charge in [-0.1, -0.05) is 38.1 Å². The highest BCUT2D eigenvalue weighted by molar-refractivity contribution is 6.72. The van der Waals surface area contributed by atoms with Gasteiger partial charge >= 0.3 is 5.97 Å². The Balaban J connectivity index is 2.78. The van der Waals surface area contributed by atoms with Crippen molar-refractivity contribution in [3.63, 3.8) is 0 Å². The molecule has 0 amide bonds. The van der Waals surface area contributed by atoms with E-state index in [0.717, 1.165) is 17.5 Å². The molecule has 0 radical (unpaired) electrons. The molecule has 2 N–H and O–H groups in total. The van der Waals surface area contributed by atoms with Crippen LogP contribution < -0.4 is 0 Å². The molecule has 0 spiro atoms. The van der Waals surface area contributed by atoms with Crippen molar-refractivity contribution in [2.24, 2.45) is 0 Å². The quantitative estimate of drug-likeness (QED) is 0.806. The summed E-state index contributed by atoms with van der Waals surface area (Å²) in [5, 5.41) is 8.61. The first-order chi connectivity index (χ1) is 8.12. The van der Waals surface area contributed by atoms with E-state index in [9.17, 15) is 9.59 Å². The Morgan fingerprint density at radius 3 is 2.00 bits per heavy atom. The van der Waals surface area contributed by atoms with Crippen molar-refractivity contribution < 1.29 is 14.7 Å². The molecule has 1 rings (SSSR count). The average molecular weight is 266 g/mol. The molecule has 18 heavy (non-hydrogen) atoms. The molecule has 100 valence electrons. The second-order valence-electron chi connectivity index (χ2n) is 6.01. The summed E-state index contributed by atoms with van der Waals surface area (Å²) in [5.41, 5.74) is 1.95. The molecule has 0 aliphatic heterocycles. The molecule has 1 aromatic carbocycles. The Kier molecular flexibility index (Phi) is 4.35. The molecule has 0 heterocycles. The van der Waals surface area contributed by atoms with E-state index in [1.165, 1.54) is 0 Å². The maximum Gasteiger partial charge on any atom is 0.307 e. The Morgan fingerprint density at radius 2 is 1.61 bits per heavy atom. The van der Waals surface area contributed by atoms with Crippen molar-refractivity contribution in [1.82, 2.24) is 0 Å². The van der Waals surface area contributed by atoms with E-state index >= 15 is 0 Å². The first-order valence-corrected chi connectivity index (χ1v) is 9.08. The fourth-order valence-corrected chi connectivity index (χ4v) is 2.31. The summed E-state index contributed by atoms with van der Waals surface area (Å²) < 4.78 is 0. The number of hydrogen-bond donors (Lipinski definition) is 2. The molecule has 0 fully saturated rings. The van der Waals surface area contributed by atoms with Gasteiger partial charge in [0.05, 0.1) is 6.42 Å². The van der Waals surface area contributed by atoms with Gasteiger partial charge in [-0.05, 0) is 35.7 Å². The van der Waals surface area contributed by atoms with Crippen molar-refractivity contribution >= 4 is 14.3 Å². The lowest BCUT2D eigenvalue weighted by Gasteiger charge is -2.35. The van der Waals surface area contributed by atoms with Gasteiger partial charge in [-0.2, -0.15) is 0 Å². The van der Waals surface area contributed by atoms with E-state index in [0.29, 0.717) is 0 Å². The van der Waals surface area contributed by atoms with E-state index in [1.807, 2.05) is 37.4 Å². The lowest BCUT2D eigenvalue weighted by atomic mass is 10.00. The second kappa shape index (κ2) is 5.24. The number of carboxylic acid groups (broad SMARTS) is 1. The minimum absolute atomic E-state index is 0.0594. The Labute approximate surface area is 110 Å². The topological polar surface area (TPSA) is 57.5 Å². The van der Waals surface area contributed by atoms with Crippen LogP contribution in [0, 0.1) is 0 Å². The van der Waals surface area contributed by atoms with Gasteiger partial charge < -0.3 is 9.90 Å². The van der Waals surface area contributed by atoms with Gasteiger partial charge in [0, 0.05) is 0 Å². The smallest absolute Gasteiger partial charge is 0.307 e. The van der Waals surface area contributed by atoms with Crippen molar-refractivity contribution in [2.75, 3.05) is 0 Å². The van der Waals surface area contributed by atoms with Crippen LogP contribution in [0.3, 0.4) is 0 Å². The molecule has 0 atom stereocenters. The zero-order valence-corrected chi connectivity index (χ0v) is 12.5. The van der Waals surface area contributed by atoms with Crippen molar-refractivity contribution in [2.45, 2.75) is 44.8 Å². The highest BCUT2D eigenvalue weighted by atomic mass is 28.4. The van der Waals surface area contributed by atoms with Crippen molar-refractivity contribution in [3.8, 4) is 0 Å². The molecule has 0 aromatic heterocycles. The van der Waals surface area contributed by atoms with Gasteiger partial charge in [-0.15, -0.1) is 0 Å². The average Bonchev–Trinajstić information content (AvgIpc) is 2.18. The van der Waals surface area contributed by atoms with E-state index in [2.05, 4.69) is 13.8 Å². The predicted octanol–water partition coefficient (Wildman–Crippen LogP) is 2.83. The fraction of sp³-hybridized carbons (Fsp3) is 0.500. The van der Waals surface area contributed by atoms with E-state index in [4.69, 9.17) is 5.11 Å². The summed E-state index contributed by atoms with van der Waals surface area (Å²) in [4.78, 5) is 20.8. The Hall–Kier alpha value is -1.13. The number of hydrogen-bond acceptors (Lipinski definition) is 2. The fourth-order valence-electron chi connectivity index (χ4n) is 1.68. The molecule has 0 bridgehead atoms. The molecule has 0 saturated heterocycles. The van der Waals surface area contributed by atoms with Gasteiger partial charge in [0.15, 0.2) is 8.32 Å². The van der Waals surface area contributed by atoms with Gasteiger partial charge in [0.1, 0.15) is 0 Å². The highest BCUT2D eigenvalue weighted by Crippen LogP contribution is 2.38.